The molecule has 0 saturated carbocycles. The van der Waals surface area contributed by atoms with Gasteiger partial charge in [-0.1, -0.05) is 38.1 Å². The standard InChI is InChI=1S/C23H26N2O4/c1-6-27-14-28-20-12-11-18(13-19(20)23(3,4)5)21-24-22(29-25-21)17-9-7-16(8-10-17)15(2)26/h7-13H,6,14H2,1-5H3. The molecule has 2 aromatic carbocycles. The molecule has 0 aliphatic rings. The lowest BCUT2D eigenvalue weighted by molar-refractivity contribution is 0.0214. The quantitative estimate of drug-likeness (QED) is 0.308. The number of Topliss-reactive ketones (excluding diaryl/α,β-unsaturated/α-hetero) is 1. The number of ketones is 1. The smallest absolute Gasteiger partial charge is 0.258 e. The maximum atomic E-state index is 11.4. The molecule has 0 radical (unpaired) electrons. The molecule has 0 saturated heterocycles. The van der Waals surface area contributed by atoms with Crippen molar-refractivity contribution in [2.45, 2.75) is 40.0 Å². The summed E-state index contributed by atoms with van der Waals surface area (Å²) in [5.41, 5.74) is 3.15. The van der Waals surface area contributed by atoms with Gasteiger partial charge < -0.3 is 14.0 Å². The van der Waals surface area contributed by atoms with Crippen molar-refractivity contribution >= 4 is 5.78 Å². The van der Waals surface area contributed by atoms with Crippen molar-refractivity contribution in [3.63, 3.8) is 0 Å². The van der Waals surface area contributed by atoms with Crippen LogP contribution in [-0.2, 0) is 10.2 Å². The van der Waals surface area contributed by atoms with Crippen LogP contribution in [0.1, 0.15) is 50.5 Å². The van der Waals surface area contributed by atoms with Crippen molar-refractivity contribution in [1.82, 2.24) is 10.1 Å². The third kappa shape index (κ3) is 4.90. The van der Waals surface area contributed by atoms with Crippen LogP contribution in [0, 0.1) is 0 Å². The Bertz CT molecular complexity index is 985. The number of benzene rings is 2. The van der Waals surface area contributed by atoms with Crippen molar-refractivity contribution in [2.75, 3.05) is 13.4 Å². The number of hydrogen-bond donors (Lipinski definition) is 0. The van der Waals surface area contributed by atoms with Crippen molar-refractivity contribution in [3.8, 4) is 28.6 Å². The summed E-state index contributed by atoms with van der Waals surface area (Å²) in [7, 11) is 0. The van der Waals surface area contributed by atoms with Crippen molar-refractivity contribution < 1.29 is 18.8 Å². The highest BCUT2D eigenvalue weighted by molar-refractivity contribution is 5.94. The molecule has 1 heterocycles. The highest BCUT2D eigenvalue weighted by Gasteiger charge is 2.21. The Balaban J connectivity index is 1.90. The van der Waals surface area contributed by atoms with Gasteiger partial charge in [-0.25, -0.2) is 0 Å². The average molecular weight is 394 g/mol. The minimum Gasteiger partial charge on any atom is -0.467 e. The minimum absolute atomic E-state index is 0.0177. The third-order valence-electron chi connectivity index (χ3n) is 4.51. The Labute approximate surface area is 170 Å². The molecule has 0 amide bonds. The number of carbonyl (C=O) groups excluding carboxylic acids is 1. The summed E-state index contributed by atoms with van der Waals surface area (Å²) in [6.07, 6.45) is 0. The van der Waals surface area contributed by atoms with Gasteiger partial charge in [0.25, 0.3) is 5.89 Å². The van der Waals surface area contributed by atoms with Crippen LogP contribution in [0.4, 0.5) is 0 Å². The van der Waals surface area contributed by atoms with Crippen LogP contribution in [0.5, 0.6) is 5.75 Å². The number of carbonyl (C=O) groups is 1. The Morgan fingerprint density at radius 3 is 2.38 bits per heavy atom. The molecule has 6 nitrogen and oxygen atoms in total. The van der Waals surface area contributed by atoms with Crippen molar-refractivity contribution in [3.05, 3.63) is 53.6 Å². The highest BCUT2D eigenvalue weighted by atomic mass is 16.7. The minimum atomic E-state index is -0.132. The second-order valence-corrected chi connectivity index (χ2v) is 7.77. The molecule has 0 aliphatic carbocycles. The van der Waals surface area contributed by atoms with Gasteiger partial charge in [0, 0.05) is 28.9 Å². The molecule has 3 rings (SSSR count). The highest BCUT2D eigenvalue weighted by Crippen LogP contribution is 2.35. The fourth-order valence-corrected chi connectivity index (χ4v) is 2.88. The zero-order chi connectivity index (χ0) is 21.0. The first-order chi connectivity index (χ1) is 13.8. The number of nitrogens with zero attached hydrogens (tertiary/aromatic N) is 2. The first-order valence-corrected chi connectivity index (χ1v) is 9.60. The average Bonchev–Trinajstić information content (AvgIpc) is 3.18. The number of ether oxygens (including phenoxy) is 2. The van der Waals surface area contributed by atoms with E-state index in [0.29, 0.717) is 23.9 Å². The zero-order valence-electron chi connectivity index (χ0n) is 17.5. The summed E-state index contributed by atoms with van der Waals surface area (Å²) in [5.74, 6) is 1.70. The Kier molecular flexibility index (Phi) is 6.13. The molecule has 3 aromatic rings. The maximum Gasteiger partial charge on any atom is 0.258 e. The molecular weight excluding hydrogens is 368 g/mol. The molecule has 0 bridgehead atoms. The fraction of sp³-hybridized carbons (Fsp3) is 0.348. The molecule has 0 spiro atoms. The van der Waals surface area contributed by atoms with Crippen LogP contribution < -0.4 is 4.74 Å². The number of aromatic nitrogens is 2. The summed E-state index contributed by atoms with van der Waals surface area (Å²) in [6.45, 7) is 10.6. The zero-order valence-corrected chi connectivity index (χ0v) is 17.5. The Hall–Kier alpha value is -2.99. The monoisotopic (exact) mass is 394 g/mol. The lowest BCUT2D eigenvalue weighted by atomic mass is 9.85. The van der Waals surface area contributed by atoms with Crippen LogP contribution in [0.2, 0.25) is 0 Å². The van der Waals surface area contributed by atoms with E-state index in [1.807, 2.05) is 25.1 Å². The summed E-state index contributed by atoms with van der Waals surface area (Å²) in [4.78, 5) is 16.0. The van der Waals surface area contributed by atoms with Gasteiger partial charge in [0.05, 0.1) is 0 Å². The van der Waals surface area contributed by atoms with E-state index in [4.69, 9.17) is 14.0 Å². The van der Waals surface area contributed by atoms with Crippen LogP contribution >= 0.6 is 0 Å². The van der Waals surface area contributed by atoms with Gasteiger partial charge in [0.1, 0.15) is 5.75 Å². The molecular formula is C23H26N2O4. The van der Waals surface area contributed by atoms with E-state index in [1.165, 1.54) is 6.92 Å². The van der Waals surface area contributed by atoms with Crippen LogP contribution in [0.3, 0.4) is 0 Å². The van der Waals surface area contributed by atoms with E-state index in [1.54, 1.807) is 24.3 Å². The van der Waals surface area contributed by atoms with Crippen molar-refractivity contribution in [2.24, 2.45) is 0 Å². The summed E-state index contributed by atoms with van der Waals surface area (Å²) >= 11 is 0. The van der Waals surface area contributed by atoms with Gasteiger partial charge in [0.2, 0.25) is 5.82 Å². The number of hydrogen-bond acceptors (Lipinski definition) is 6. The third-order valence-corrected chi connectivity index (χ3v) is 4.51. The molecule has 0 fully saturated rings. The Morgan fingerprint density at radius 2 is 1.76 bits per heavy atom. The van der Waals surface area contributed by atoms with Crippen LogP contribution in [-0.4, -0.2) is 29.3 Å². The second kappa shape index (κ2) is 8.57. The normalized spacial score (nSPS) is 11.5. The Morgan fingerprint density at radius 1 is 1.07 bits per heavy atom. The molecule has 0 aliphatic heterocycles. The van der Waals surface area contributed by atoms with Crippen molar-refractivity contribution in [1.29, 1.82) is 0 Å². The summed E-state index contributed by atoms with van der Waals surface area (Å²) in [5, 5.41) is 4.13. The molecule has 0 atom stereocenters. The van der Waals surface area contributed by atoms with E-state index in [9.17, 15) is 4.79 Å². The molecule has 6 heteroatoms. The predicted molar refractivity (Wildman–Crippen MR) is 111 cm³/mol. The van der Waals surface area contributed by atoms with E-state index in [2.05, 4.69) is 30.9 Å². The van der Waals surface area contributed by atoms with Gasteiger partial charge >= 0.3 is 0 Å². The molecule has 1 aromatic heterocycles. The lowest BCUT2D eigenvalue weighted by Crippen LogP contribution is -2.14. The largest absolute Gasteiger partial charge is 0.467 e. The first-order valence-electron chi connectivity index (χ1n) is 9.60. The topological polar surface area (TPSA) is 74.5 Å². The molecule has 152 valence electrons. The molecule has 0 N–H and O–H groups in total. The van der Waals surface area contributed by atoms with Gasteiger partial charge in [-0.3, -0.25) is 4.79 Å². The van der Waals surface area contributed by atoms with Gasteiger partial charge in [0.15, 0.2) is 12.6 Å². The van der Waals surface area contributed by atoms with E-state index < -0.39 is 0 Å². The van der Waals surface area contributed by atoms with E-state index >= 15 is 0 Å². The van der Waals surface area contributed by atoms with E-state index in [0.717, 1.165) is 22.4 Å². The van der Waals surface area contributed by atoms with Gasteiger partial charge in [-0.15, -0.1) is 0 Å². The maximum absolute atomic E-state index is 11.4. The fourth-order valence-electron chi connectivity index (χ4n) is 2.88. The summed E-state index contributed by atoms with van der Waals surface area (Å²) < 4.78 is 16.5. The molecule has 0 unspecified atom stereocenters. The van der Waals surface area contributed by atoms with Crippen LogP contribution in [0.25, 0.3) is 22.8 Å². The van der Waals surface area contributed by atoms with Gasteiger partial charge in [-0.05, 0) is 49.6 Å². The lowest BCUT2D eigenvalue weighted by Gasteiger charge is -2.23. The van der Waals surface area contributed by atoms with Crippen LogP contribution in [0.15, 0.2) is 47.0 Å². The second-order valence-electron chi connectivity index (χ2n) is 7.77. The molecule has 29 heavy (non-hydrogen) atoms. The first kappa shape index (κ1) is 20.7. The van der Waals surface area contributed by atoms with Gasteiger partial charge in [-0.2, -0.15) is 4.98 Å². The number of rotatable bonds is 7. The van der Waals surface area contributed by atoms with E-state index in [-0.39, 0.29) is 18.0 Å². The predicted octanol–water partition coefficient (Wildman–Crippen LogP) is 5.28. The summed E-state index contributed by atoms with van der Waals surface area (Å²) in [6, 6.07) is 13.0. The SMILES string of the molecule is CCOCOc1ccc(-c2noc(-c3ccc(C(C)=O)cc3)n2)cc1C(C)(C)C.